The fraction of sp³-hybridized carbons (Fsp3) is 0.364. The Hall–Kier alpha value is -2.62. The third-order valence-corrected chi connectivity index (χ3v) is 5.07. The first-order chi connectivity index (χ1) is 12.7. The minimum atomic E-state index is -0.0731. The monoisotopic (exact) mass is 348 g/mol. The molecule has 0 spiro atoms. The number of benzene rings is 2. The number of amides is 1. The van der Waals surface area contributed by atoms with Gasteiger partial charge in [0.1, 0.15) is 0 Å². The number of hydrogen-bond acceptors (Lipinski definition) is 3. The second-order valence-corrected chi connectivity index (χ2v) is 7.26. The molecule has 2 aromatic rings. The quantitative estimate of drug-likeness (QED) is 0.794. The molecule has 1 saturated carbocycles. The summed E-state index contributed by atoms with van der Waals surface area (Å²) in [5.74, 6) is 0.457. The van der Waals surface area contributed by atoms with Crippen molar-refractivity contribution < 1.29 is 9.63 Å². The van der Waals surface area contributed by atoms with Crippen molar-refractivity contribution in [3.63, 3.8) is 0 Å². The van der Waals surface area contributed by atoms with Crippen LogP contribution in [-0.2, 0) is 16.2 Å². The molecule has 1 fully saturated rings. The third-order valence-electron chi connectivity index (χ3n) is 5.07. The van der Waals surface area contributed by atoms with E-state index in [-0.39, 0.29) is 17.9 Å². The van der Waals surface area contributed by atoms with Gasteiger partial charge in [0.15, 0.2) is 6.10 Å². The van der Waals surface area contributed by atoms with Crippen LogP contribution < -0.4 is 0 Å². The summed E-state index contributed by atoms with van der Waals surface area (Å²) in [6.07, 6.45) is 2.70. The number of carbonyl (C=O) groups excluding carboxylic acids is 1. The predicted molar refractivity (Wildman–Crippen MR) is 102 cm³/mol. The van der Waals surface area contributed by atoms with Crippen molar-refractivity contribution in [3.05, 3.63) is 71.3 Å². The highest BCUT2D eigenvalue weighted by molar-refractivity contribution is 6.02. The summed E-state index contributed by atoms with van der Waals surface area (Å²) < 4.78 is 0. The highest BCUT2D eigenvalue weighted by atomic mass is 16.6. The standard InChI is InChI=1S/C22H24N2O2/c1-16-7-5-6-10-20(16)21-13-19(26-23-21)15-24(22(25)18-11-12-18)14-17-8-3-2-4-9-17/h2-10,18-19H,11-15H2,1H3. The first kappa shape index (κ1) is 16.8. The van der Waals surface area contributed by atoms with Gasteiger partial charge in [0.25, 0.3) is 0 Å². The maximum absolute atomic E-state index is 12.7. The summed E-state index contributed by atoms with van der Waals surface area (Å²) in [5, 5.41) is 4.31. The molecule has 4 heteroatoms. The van der Waals surface area contributed by atoms with Gasteiger partial charge in [0.05, 0.1) is 12.3 Å². The van der Waals surface area contributed by atoms with E-state index in [0.717, 1.165) is 36.1 Å². The van der Waals surface area contributed by atoms with Crippen molar-refractivity contribution in [2.75, 3.05) is 6.54 Å². The summed E-state index contributed by atoms with van der Waals surface area (Å²) in [7, 11) is 0. The van der Waals surface area contributed by atoms with Gasteiger partial charge in [-0.3, -0.25) is 4.79 Å². The third kappa shape index (κ3) is 3.79. The van der Waals surface area contributed by atoms with E-state index >= 15 is 0 Å². The van der Waals surface area contributed by atoms with Crippen molar-refractivity contribution in [2.24, 2.45) is 11.1 Å². The summed E-state index contributed by atoms with van der Waals surface area (Å²) in [6.45, 7) is 3.31. The molecule has 0 bridgehead atoms. The molecule has 134 valence electrons. The molecular formula is C22H24N2O2. The molecule has 2 aliphatic rings. The Morgan fingerprint density at radius 2 is 1.85 bits per heavy atom. The van der Waals surface area contributed by atoms with Gasteiger partial charge < -0.3 is 9.74 Å². The molecule has 1 amide bonds. The number of aryl methyl sites for hydroxylation is 1. The van der Waals surface area contributed by atoms with Crippen molar-refractivity contribution in [3.8, 4) is 0 Å². The molecule has 4 nitrogen and oxygen atoms in total. The van der Waals surface area contributed by atoms with E-state index < -0.39 is 0 Å². The van der Waals surface area contributed by atoms with Gasteiger partial charge in [-0.15, -0.1) is 0 Å². The highest BCUT2D eigenvalue weighted by Crippen LogP contribution is 2.32. The van der Waals surface area contributed by atoms with Crippen LogP contribution in [0.2, 0.25) is 0 Å². The van der Waals surface area contributed by atoms with E-state index in [1.807, 2.05) is 35.2 Å². The highest BCUT2D eigenvalue weighted by Gasteiger charge is 2.35. The maximum Gasteiger partial charge on any atom is 0.226 e. The van der Waals surface area contributed by atoms with Gasteiger partial charge in [-0.05, 0) is 30.9 Å². The average Bonchev–Trinajstić information content (AvgIpc) is 3.41. The van der Waals surface area contributed by atoms with Crippen LogP contribution in [0.5, 0.6) is 0 Å². The SMILES string of the molecule is Cc1ccccc1C1=NOC(CN(Cc2ccccc2)C(=O)C2CC2)C1. The topological polar surface area (TPSA) is 41.9 Å². The van der Waals surface area contributed by atoms with Gasteiger partial charge in [-0.1, -0.05) is 59.8 Å². The lowest BCUT2D eigenvalue weighted by Crippen LogP contribution is -2.38. The first-order valence-corrected chi connectivity index (χ1v) is 9.32. The average molecular weight is 348 g/mol. The summed E-state index contributed by atoms with van der Waals surface area (Å²) in [5.41, 5.74) is 4.47. The Morgan fingerprint density at radius 1 is 1.12 bits per heavy atom. The summed E-state index contributed by atoms with van der Waals surface area (Å²) in [4.78, 5) is 20.4. The minimum absolute atomic E-state index is 0.0731. The van der Waals surface area contributed by atoms with Gasteiger partial charge in [0.2, 0.25) is 5.91 Å². The van der Waals surface area contributed by atoms with E-state index in [0.29, 0.717) is 13.1 Å². The van der Waals surface area contributed by atoms with Crippen LogP contribution in [0.3, 0.4) is 0 Å². The first-order valence-electron chi connectivity index (χ1n) is 9.32. The zero-order chi connectivity index (χ0) is 17.9. The fourth-order valence-electron chi connectivity index (χ4n) is 3.45. The largest absolute Gasteiger partial charge is 0.390 e. The zero-order valence-electron chi connectivity index (χ0n) is 15.1. The Balaban J connectivity index is 1.43. The van der Waals surface area contributed by atoms with Crippen molar-refractivity contribution >= 4 is 11.6 Å². The Labute approximate surface area is 154 Å². The zero-order valence-corrected chi connectivity index (χ0v) is 15.1. The van der Waals surface area contributed by atoms with Crippen molar-refractivity contribution in [2.45, 2.75) is 38.8 Å². The van der Waals surface area contributed by atoms with Crippen LogP contribution in [0.4, 0.5) is 0 Å². The Morgan fingerprint density at radius 3 is 2.58 bits per heavy atom. The molecule has 1 aliphatic carbocycles. The number of hydrogen-bond donors (Lipinski definition) is 0. The lowest BCUT2D eigenvalue weighted by atomic mass is 10.00. The normalized spacial score (nSPS) is 19.0. The number of rotatable bonds is 6. The van der Waals surface area contributed by atoms with Gasteiger partial charge in [0, 0.05) is 24.4 Å². The number of oxime groups is 1. The molecule has 0 aromatic heterocycles. The van der Waals surface area contributed by atoms with Crippen molar-refractivity contribution in [1.29, 1.82) is 0 Å². The second kappa shape index (κ2) is 7.32. The molecule has 0 N–H and O–H groups in total. The Bertz CT molecular complexity index is 812. The van der Waals surface area contributed by atoms with Crippen LogP contribution in [-0.4, -0.2) is 29.2 Å². The van der Waals surface area contributed by atoms with Gasteiger partial charge in [-0.25, -0.2) is 0 Å². The fourth-order valence-corrected chi connectivity index (χ4v) is 3.45. The maximum atomic E-state index is 12.7. The van der Waals surface area contributed by atoms with Crippen molar-refractivity contribution in [1.82, 2.24) is 4.90 Å². The lowest BCUT2D eigenvalue weighted by molar-refractivity contribution is -0.135. The van der Waals surface area contributed by atoms with E-state index in [9.17, 15) is 4.79 Å². The molecule has 26 heavy (non-hydrogen) atoms. The van der Waals surface area contributed by atoms with Crippen LogP contribution in [0.25, 0.3) is 0 Å². The molecule has 1 aliphatic heterocycles. The number of carbonyl (C=O) groups is 1. The predicted octanol–water partition coefficient (Wildman–Crippen LogP) is 3.93. The number of nitrogens with zero attached hydrogens (tertiary/aromatic N) is 2. The molecule has 1 atom stereocenters. The minimum Gasteiger partial charge on any atom is -0.390 e. The lowest BCUT2D eigenvalue weighted by Gasteiger charge is -2.25. The van der Waals surface area contributed by atoms with Gasteiger partial charge >= 0.3 is 0 Å². The molecule has 1 heterocycles. The van der Waals surface area contributed by atoms with E-state index in [2.05, 4.69) is 36.3 Å². The van der Waals surface area contributed by atoms with Crippen LogP contribution in [0, 0.1) is 12.8 Å². The van der Waals surface area contributed by atoms with Crippen LogP contribution in [0.1, 0.15) is 36.0 Å². The second-order valence-electron chi connectivity index (χ2n) is 7.26. The summed E-state index contributed by atoms with van der Waals surface area (Å²) in [6, 6.07) is 18.4. The van der Waals surface area contributed by atoms with E-state index in [1.165, 1.54) is 5.56 Å². The van der Waals surface area contributed by atoms with E-state index in [4.69, 9.17) is 4.84 Å². The van der Waals surface area contributed by atoms with E-state index in [1.54, 1.807) is 0 Å². The van der Waals surface area contributed by atoms with Crippen LogP contribution >= 0.6 is 0 Å². The molecule has 0 saturated heterocycles. The smallest absolute Gasteiger partial charge is 0.226 e. The molecule has 4 rings (SSSR count). The Kier molecular flexibility index (Phi) is 4.74. The molecule has 1 unspecified atom stereocenters. The molecule has 0 radical (unpaired) electrons. The molecule has 2 aromatic carbocycles. The summed E-state index contributed by atoms with van der Waals surface area (Å²) >= 11 is 0. The van der Waals surface area contributed by atoms with Gasteiger partial charge in [-0.2, -0.15) is 0 Å². The van der Waals surface area contributed by atoms with Crippen LogP contribution in [0.15, 0.2) is 59.8 Å². The molecular weight excluding hydrogens is 324 g/mol.